The van der Waals surface area contributed by atoms with Gasteiger partial charge in [-0.15, -0.1) is 0 Å². The highest BCUT2D eigenvalue weighted by molar-refractivity contribution is 5.91. The lowest BCUT2D eigenvalue weighted by atomic mass is 9.79. The van der Waals surface area contributed by atoms with E-state index in [9.17, 15) is 9.90 Å². The van der Waals surface area contributed by atoms with Crippen molar-refractivity contribution < 1.29 is 14.6 Å². The molecule has 2 fully saturated rings. The van der Waals surface area contributed by atoms with E-state index in [0.29, 0.717) is 0 Å². The average Bonchev–Trinajstić information content (AvgIpc) is 3.63. The number of rotatable bonds is 15. The summed E-state index contributed by atoms with van der Waals surface area (Å²) in [4.78, 5) is 18.0. The maximum atomic E-state index is 13.0. The van der Waals surface area contributed by atoms with Crippen molar-refractivity contribution in [2.45, 2.75) is 88.4 Å². The molecule has 0 spiro atoms. The van der Waals surface area contributed by atoms with Crippen LogP contribution in [0.3, 0.4) is 0 Å². The van der Waals surface area contributed by atoms with Crippen molar-refractivity contribution in [1.29, 1.82) is 0 Å². The number of piperidine rings is 1. The van der Waals surface area contributed by atoms with Crippen LogP contribution in [0.4, 0.5) is 10.5 Å². The molecule has 264 valence electrons. The van der Waals surface area contributed by atoms with E-state index in [1.807, 2.05) is 91.0 Å². The monoisotopic (exact) mass is 673 g/mol. The van der Waals surface area contributed by atoms with Crippen LogP contribution in [0.15, 0.2) is 115 Å². The lowest BCUT2D eigenvalue weighted by Crippen LogP contribution is -2.48. The molecule has 1 amide bonds. The Hall–Kier alpha value is -3.97. The lowest BCUT2D eigenvalue weighted by Gasteiger charge is -2.40. The van der Waals surface area contributed by atoms with Gasteiger partial charge < -0.3 is 14.7 Å². The molecule has 2 heterocycles. The number of aliphatic hydroxyl groups is 1. The number of benzene rings is 4. The first kappa shape index (κ1) is 35.8. The minimum Gasteiger partial charge on any atom is -0.443 e. The number of anilines is 1. The molecule has 0 saturated carbocycles. The van der Waals surface area contributed by atoms with Gasteiger partial charge in [0.05, 0.1) is 5.69 Å². The number of nitrogens with one attached hydrogen (secondary N) is 1. The molecule has 6 nitrogen and oxygen atoms in total. The van der Waals surface area contributed by atoms with Crippen molar-refractivity contribution in [2.75, 3.05) is 38.0 Å². The maximum Gasteiger partial charge on any atom is 0.412 e. The van der Waals surface area contributed by atoms with Crippen LogP contribution in [-0.2, 0) is 10.3 Å². The Balaban J connectivity index is 0.871. The predicted molar refractivity (Wildman–Crippen MR) is 204 cm³/mol. The lowest BCUT2D eigenvalue weighted by molar-refractivity contribution is -0.0163. The minimum absolute atomic E-state index is 0.0924. The summed E-state index contributed by atoms with van der Waals surface area (Å²) in [5.41, 5.74) is 3.34. The Morgan fingerprint density at radius 2 is 1.28 bits per heavy atom. The Kier molecular flexibility index (Phi) is 12.4. The van der Waals surface area contributed by atoms with E-state index in [1.54, 1.807) is 0 Å². The van der Waals surface area contributed by atoms with Gasteiger partial charge in [0, 0.05) is 24.7 Å². The molecule has 6 rings (SSSR count). The molecule has 4 aromatic carbocycles. The molecule has 0 aromatic heterocycles. The van der Waals surface area contributed by atoms with Gasteiger partial charge in [0.1, 0.15) is 11.2 Å². The number of nitrogens with zero attached hydrogens (tertiary/aromatic N) is 2. The molecule has 1 atom stereocenters. The highest BCUT2D eigenvalue weighted by Gasteiger charge is 2.45. The molecule has 0 aliphatic carbocycles. The van der Waals surface area contributed by atoms with Crippen molar-refractivity contribution in [3.05, 3.63) is 126 Å². The summed E-state index contributed by atoms with van der Waals surface area (Å²) in [6, 6.07) is 38.6. The number of amides is 1. The number of unbranched alkanes of at least 4 members (excludes halogenated alkanes) is 5. The van der Waals surface area contributed by atoms with E-state index in [1.165, 1.54) is 38.5 Å². The van der Waals surface area contributed by atoms with Gasteiger partial charge in [-0.25, -0.2) is 4.79 Å². The Labute approximate surface area is 299 Å². The van der Waals surface area contributed by atoms with Gasteiger partial charge >= 0.3 is 6.09 Å². The summed E-state index contributed by atoms with van der Waals surface area (Å²) in [5, 5.41) is 15.3. The number of carbonyl (C=O) groups is 1. The number of para-hydroxylation sites is 1. The standard InChI is InChI=1S/C44H55N3O3/c1-43(50-42(48)45-40-27-16-15-26-39(40)36-20-9-6-10-21-36)29-34-46(35-30-43)31-17-4-2-3-5-18-32-47-33-19-28-41(47)44(49,37-22-11-7-12-23-37)38-24-13-8-14-25-38/h6-16,20-27,41,49H,2-5,17-19,28-35H2,1H3,(H,45,48)/t41-/m1/s1. The summed E-state index contributed by atoms with van der Waals surface area (Å²) < 4.78 is 6.02. The largest absolute Gasteiger partial charge is 0.443 e. The molecule has 0 bridgehead atoms. The Morgan fingerprint density at radius 3 is 1.92 bits per heavy atom. The van der Waals surface area contributed by atoms with Gasteiger partial charge in [0.25, 0.3) is 0 Å². The second kappa shape index (κ2) is 17.3. The zero-order valence-corrected chi connectivity index (χ0v) is 29.8. The highest BCUT2D eigenvalue weighted by atomic mass is 16.6. The first-order valence-electron chi connectivity index (χ1n) is 18.9. The molecule has 50 heavy (non-hydrogen) atoms. The third-order valence-electron chi connectivity index (χ3n) is 10.9. The molecule has 2 aliphatic rings. The fourth-order valence-corrected chi connectivity index (χ4v) is 8.03. The number of likely N-dealkylation sites (tertiary alicyclic amines) is 2. The minimum atomic E-state index is -1.00. The van der Waals surface area contributed by atoms with Gasteiger partial charge in [-0.1, -0.05) is 135 Å². The van der Waals surface area contributed by atoms with Crippen LogP contribution in [0.2, 0.25) is 0 Å². The molecule has 2 N–H and O–H groups in total. The molecular formula is C44H55N3O3. The third-order valence-corrected chi connectivity index (χ3v) is 10.9. The molecule has 2 saturated heterocycles. The van der Waals surface area contributed by atoms with Crippen LogP contribution in [0.25, 0.3) is 11.1 Å². The Morgan fingerprint density at radius 1 is 0.740 bits per heavy atom. The molecule has 0 radical (unpaired) electrons. The third kappa shape index (κ3) is 9.03. The fourth-order valence-electron chi connectivity index (χ4n) is 8.03. The number of hydrogen-bond donors (Lipinski definition) is 2. The number of carbonyl (C=O) groups excluding carboxylic acids is 1. The van der Waals surface area contributed by atoms with Crippen molar-refractivity contribution in [3.63, 3.8) is 0 Å². The van der Waals surface area contributed by atoms with E-state index in [-0.39, 0.29) is 12.1 Å². The molecule has 0 unspecified atom stereocenters. The molecular weight excluding hydrogens is 619 g/mol. The number of ether oxygens (including phenoxy) is 1. The van der Waals surface area contributed by atoms with Crippen LogP contribution in [0, 0.1) is 0 Å². The average molecular weight is 674 g/mol. The van der Waals surface area contributed by atoms with E-state index in [2.05, 4.69) is 46.3 Å². The quantitative estimate of drug-likeness (QED) is 0.123. The normalized spacial score (nSPS) is 18.2. The summed E-state index contributed by atoms with van der Waals surface area (Å²) in [6.07, 6.45) is 10.9. The first-order chi connectivity index (χ1) is 24.4. The van der Waals surface area contributed by atoms with Crippen molar-refractivity contribution in [3.8, 4) is 11.1 Å². The second-order valence-corrected chi connectivity index (χ2v) is 14.5. The van der Waals surface area contributed by atoms with Gasteiger partial charge in [0.15, 0.2) is 0 Å². The topological polar surface area (TPSA) is 65.0 Å². The van der Waals surface area contributed by atoms with Crippen LogP contribution in [-0.4, -0.2) is 65.4 Å². The molecule has 4 aromatic rings. The van der Waals surface area contributed by atoms with Crippen LogP contribution in [0.1, 0.15) is 82.3 Å². The predicted octanol–water partition coefficient (Wildman–Crippen LogP) is 9.50. The van der Waals surface area contributed by atoms with Gasteiger partial charge in [-0.2, -0.15) is 0 Å². The van der Waals surface area contributed by atoms with E-state index < -0.39 is 11.2 Å². The van der Waals surface area contributed by atoms with Crippen LogP contribution in [0.5, 0.6) is 0 Å². The Bertz CT molecular complexity index is 1570. The summed E-state index contributed by atoms with van der Waals surface area (Å²) >= 11 is 0. The first-order valence-corrected chi connectivity index (χ1v) is 18.9. The second-order valence-electron chi connectivity index (χ2n) is 14.5. The zero-order valence-electron chi connectivity index (χ0n) is 29.8. The summed E-state index contributed by atoms with van der Waals surface area (Å²) in [7, 11) is 0. The maximum absolute atomic E-state index is 13.0. The number of hydrogen-bond acceptors (Lipinski definition) is 5. The van der Waals surface area contributed by atoms with Crippen LogP contribution < -0.4 is 5.32 Å². The summed E-state index contributed by atoms with van der Waals surface area (Å²) in [6.45, 7) is 7.19. The van der Waals surface area contributed by atoms with Crippen molar-refractivity contribution in [2.24, 2.45) is 0 Å². The molecule has 6 heteroatoms. The van der Waals surface area contributed by atoms with E-state index in [0.717, 1.165) is 86.3 Å². The zero-order chi connectivity index (χ0) is 34.7. The van der Waals surface area contributed by atoms with Gasteiger partial charge in [-0.05, 0) is 87.8 Å². The molecule has 2 aliphatic heterocycles. The van der Waals surface area contributed by atoms with E-state index in [4.69, 9.17) is 4.74 Å². The SMILES string of the molecule is CC1(OC(=O)Nc2ccccc2-c2ccccc2)CCN(CCCCCCCCN2CCC[C@@H]2C(O)(c2ccccc2)c2ccccc2)CC1. The van der Waals surface area contributed by atoms with Crippen molar-refractivity contribution in [1.82, 2.24) is 9.80 Å². The van der Waals surface area contributed by atoms with Gasteiger partial charge in [0.2, 0.25) is 0 Å². The smallest absolute Gasteiger partial charge is 0.412 e. The van der Waals surface area contributed by atoms with Gasteiger partial charge in [-0.3, -0.25) is 10.2 Å². The van der Waals surface area contributed by atoms with E-state index >= 15 is 0 Å². The summed E-state index contributed by atoms with van der Waals surface area (Å²) in [5.74, 6) is 0. The fraction of sp³-hybridized carbons (Fsp3) is 0.432. The van der Waals surface area contributed by atoms with Crippen LogP contribution >= 0.6 is 0 Å². The highest BCUT2D eigenvalue weighted by Crippen LogP contribution is 2.40. The van der Waals surface area contributed by atoms with Crippen molar-refractivity contribution >= 4 is 11.8 Å².